The zero-order chi connectivity index (χ0) is 24.3. The molecule has 0 radical (unpaired) electrons. The van der Waals surface area contributed by atoms with Crippen LogP contribution < -0.4 is 4.74 Å². The lowest BCUT2D eigenvalue weighted by molar-refractivity contribution is 0.101. The summed E-state index contributed by atoms with van der Waals surface area (Å²) in [5, 5.41) is 1.39. The molecule has 5 aromatic rings. The van der Waals surface area contributed by atoms with Gasteiger partial charge in [-0.2, -0.15) is 0 Å². The smallest absolute Gasteiger partial charge is 0.228 e. The van der Waals surface area contributed by atoms with E-state index in [1.54, 1.807) is 18.3 Å². The Morgan fingerprint density at radius 3 is 2.63 bits per heavy atom. The van der Waals surface area contributed by atoms with Gasteiger partial charge in [0.05, 0.1) is 5.69 Å². The number of pyridine rings is 1. The van der Waals surface area contributed by atoms with E-state index in [0.717, 1.165) is 49.1 Å². The highest BCUT2D eigenvalue weighted by Crippen LogP contribution is 2.42. The number of nitrogens with zero attached hydrogens (tertiary/aromatic N) is 1. The van der Waals surface area contributed by atoms with E-state index in [1.807, 2.05) is 56.3 Å². The number of hydrogen-bond acceptors (Lipinski definition) is 4. The van der Waals surface area contributed by atoms with Gasteiger partial charge in [-0.25, -0.2) is 0 Å². The standard InChI is InChI=1S/C29H19BrClNO3/c1-15-3-8-24-22(9-15)27-19(14-34-24)11-18(13-32-27)26-21-12-23(31)16(2)10-25(21)35-29(26)28(33)17-4-6-20(30)7-5-17/h3-13H,14H2,1-2H3. The van der Waals surface area contributed by atoms with Crippen LogP contribution in [0.3, 0.4) is 0 Å². The van der Waals surface area contributed by atoms with E-state index in [9.17, 15) is 4.79 Å². The topological polar surface area (TPSA) is 52.3 Å². The summed E-state index contributed by atoms with van der Waals surface area (Å²) in [6, 6.07) is 19.1. The molecule has 35 heavy (non-hydrogen) atoms. The maximum Gasteiger partial charge on any atom is 0.228 e. The molecule has 0 atom stereocenters. The molecule has 0 unspecified atom stereocenters. The summed E-state index contributed by atoms with van der Waals surface area (Å²) in [6.07, 6.45) is 1.80. The number of aromatic nitrogens is 1. The fraction of sp³-hybridized carbons (Fsp3) is 0.103. The monoisotopic (exact) mass is 543 g/mol. The van der Waals surface area contributed by atoms with Crippen LogP contribution in [-0.2, 0) is 6.61 Å². The van der Waals surface area contributed by atoms with Crippen molar-refractivity contribution < 1.29 is 13.9 Å². The Hall–Kier alpha value is -3.41. The molecule has 4 nitrogen and oxygen atoms in total. The van der Waals surface area contributed by atoms with Gasteiger partial charge in [-0.1, -0.05) is 39.2 Å². The van der Waals surface area contributed by atoms with Crippen molar-refractivity contribution in [3.63, 3.8) is 0 Å². The second-order valence-electron chi connectivity index (χ2n) is 8.76. The molecule has 172 valence electrons. The van der Waals surface area contributed by atoms with E-state index in [-0.39, 0.29) is 11.5 Å². The van der Waals surface area contributed by atoms with Gasteiger partial charge in [0.25, 0.3) is 0 Å². The third-order valence-electron chi connectivity index (χ3n) is 6.31. The second-order valence-corrected chi connectivity index (χ2v) is 10.1. The number of fused-ring (bicyclic) bond motifs is 4. The number of halogens is 2. The first-order valence-corrected chi connectivity index (χ1v) is 12.3. The van der Waals surface area contributed by atoms with E-state index in [1.165, 1.54) is 0 Å². The van der Waals surface area contributed by atoms with Crippen LogP contribution in [0.15, 0.2) is 75.8 Å². The van der Waals surface area contributed by atoms with Crippen molar-refractivity contribution in [2.75, 3.05) is 0 Å². The van der Waals surface area contributed by atoms with Crippen molar-refractivity contribution in [1.29, 1.82) is 0 Å². The van der Waals surface area contributed by atoms with Crippen LogP contribution in [0.4, 0.5) is 0 Å². The minimum absolute atomic E-state index is 0.201. The minimum Gasteiger partial charge on any atom is -0.488 e. The number of furan rings is 1. The number of rotatable bonds is 3. The molecule has 0 saturated carbocycles. The summed E-state index contributed by atoms with van der Waals surface area (Å²) in [6.45, 7) is 4.36. The maximum absolute atomic E-state index is 13.6. The minimum atomic E-state index is -0.201. The summed E-state index contributed by atoms with van der Waals surface area (Å²) in [4.78, 5) is 18.4. The molecule has 0 spiro atoms. The molecule has 0 aliphatic carbocycles. The molecular weight excluding hydrogens is 526 g/mol. The fourth-order valence-electron chi connectivity index (χ4n) is 4.51. The molecule has 0 fully saturated rings. The largest absolute Gasteiger partial charge is 0.488 e. The molecule has 0 amide bonds. The van der Waals surface area contributed by atoms with Crippen LogP contribution in [0.25, 0.3) is 33.4 Å². The van der Waals surface area contributed by atoms with E-state index < -0.39 is 0 Å². The number of aryl methyl sites for hydroxylation is 2. The van der Waals surface area contributed by atoms with E-state index in [4.69, 9.17) is 25.7 Å². The molecule has 6 heteroatoms. The van der Waals surface area contributed by atoms with Crippen molar-refractivity contribution >= 4 is 44.3 Å². The molecule has 2 aromatic heterocycles. The number of ether oxygens (including phenoxy) is 1. The first kappa shape index (κ1) is 22.1. The molecule has 0 bridgehead atoms. The summed E-state index contributed by atoms with van der Waals surface area (Å²) in [5.41, 5.74) is 7.44. The number of ketones is 1. The molecule has 1 aliphatic heterocycles. The highest BCUT2D eigenvalue weighted by Gasteiger charge is 2.26. The molecule has 0 saturated heterocycles. The van der Waals surface area contributed by atoms with E-state index in [0.29, 0.717) is 28.3 Å². The van der Waals surface area contributed by atoms with Crippen LogP contribution in [0.1, 0.15) is 32.8 Å². The Morgan fingerprint density at radius 2 is 1.83 bits per heavy atom. The average molecular weight is 545 g/mol. The average Bonchev–Trinajstić information content (AvgIpc) is 3.21. The van der Waals surface area contributed by atoms with Crippen LogP contribution in [-0.4, -0.2) is 10.8 Å². The Bertz CT molecular complexity index is 1650. The molecule has 1 aliphatic rings. The third-order valence-corrected chi connectivity index (χ3v) is 7.25. The molecule has 3 aromatic carbocycles. The van der Waals surface area contributed by atoms with Gasteiger partial charge < -0.3 is 9.15 Å². The Morgan fingerprint density at radius 1 is 1.03 bits per heavy atom. The molecular formula is C29H19BrClNO3. The summed E-state index contributed by atoms with van der Waals surface area (Å²) < 4.78 is 13.1. The van der Waals surface area contributed by atoms with Crippen molar-refractivity contribution in [1.82, 2.24) is 4.98 Å². The van der Waals surface area contributed by atoms with Gasteiger partial charge in [0.1, 0.15) is 17.9 Å². The van der Waals surface area contributed by atoms with Gasteiger partial charge in [-0.15, -0.1) is 0 Å². The highest BCUT2D eigenvalue weighted by atomic mass is 79.9. The second kappa shape index (κ2) is 8.36. The first-order valence-electron chi connectivity index (χ1n) is 11.1. The lowest BCUT2D eigenvalue weighted by Gasteiger charge is -2.21. The van der Waals surface area contributed by atoms with E-state index >= 15 is 0 Å². The van der Waals surface area contributed by atoms with Crippen LogP contribution in [0.5, 0.6) is 5.75 Å². The number of hydrogen-bond donors (Lipinski definition) is 0. The zero-order valence-corrected chi connectivity index (χ0v) is 21.3. The Kier molecular flexibility index (Phi) is 5.28. The maximum atomic E-state index is 13.6. The first-order chi connectivity index (χ1) is 16.9. The number of carbonyl (C=O) groups is 1. The number of carbonyl (C=O) groups excluding carboxylic acids is 1. The lowest BCUT2D eigenvalue weighted by Crippen LogP contribution is -2.08. The predicted molar refractivity (Wildman–Crippen MR) is 141 cm³/mol. The predicted octanol–water partition coefficient (Wildman–Crippen LogP) is 8.32. The van der Waals surface area contributed by atoms with Gasteiger partial charge in [0, 0.05) is 48.9 Å². The van der Waals surface area contributed by atoms with Crippen LogP contribution >= 0.6 is 27.5 Å². The van der Waals surface area contributed by atoms with Crippen molar-refractivity contribution in [3.05, 3.63) is 104 Å². The quantitative estimate of drug-likeness (QED) is 0.214. The summed E-state index contributed by atoms with van der Waals surface area (Å²) >= 11 is 9.92. The Labute approximate surface area is 215 Å². The molecule has 6 rings (SSSR count). The van der Waals surface area contributed by atoms with Crippen LogP contribution in [0.2, 0.25) is 5.02 Å². The van der Waals surface area contributed by atoms with Crippen molar-refractivity contribution in [2.24, 2.45) is 0 Å². The van der Waals surface area contributed by atoms with Gasteiger partial charge in [0.2, 0.25) is 5.78 Å². The highest BCUT2D eigenvalue weighted by molar-refractivity contribution is 9.10. The van der Waals surface area contributed by atoms with E-state index in [2.05, 4.69) is 22.0 Å². The molecule has 3 heterocycles. The van der Waals surface area contributed by atoms with Crippen LogP contribution in [0, 0.1) is 13.8 Å². The number of benzene rings is 3. The molecule has 0 N–H and O–H groups in total. The SMILES string of the molecule is Cc1ccc2c(c1)-c1ncc(-c3c(C(=O)c4ccc(Br)cc4)oc4cc(C)c(Cl)cc34)cc1CO2. The van der Waals surface area contributed by atoms with Gasteiger partial charge in [-0.05, 0) is 74.0 Å². The van der Waals surface area contributed by atoms with Crippen molar-refractivity contribution in [3.8, 4) is 28.1 Å². The van der Waals surface area contributed by atoms with Gasteiger partial charge >= 0.3 is 0 Å². The van der Waals surface area contributed by atoms with Crippen molar-refractivity contribution in [2.45, 2.75) is 20.5 Å². The normalized spacial score (nSPS) is 12.2. The lowest BCUT2D eigenvalue weighted by atomic mass is 9.95. The van der Waals surface area contributed by atoms with Gasteiger partial charge in [0.15, 0.2) is 5.76 Å². The van der Waals surface area contributed by atoms with Gasteiger partial charge in [-0.3, -0.25) is 9.78 Å². The summed E-state index contributed by atoms with van der Waals surface area (Å²) in [5.74, 6) is 0.886. The Balaban J connectivity index is 1.56. The summed E-state index contributed by atoms with van der Waals surface area (Å²) in [7, 11) is 0. The fourth-order valence-corrected chi connectivity index (χ4v) is 4.93. The third kappa shape index (κ3) is 3.76. The zero-order valence-electron chi connectivity index (χ0n) is 19.0.